The van der Waals surface area contributed by atoms with Gasteiger partial charge in [0.2, 0.25) is 0 Å². The highest BCUT2D eigenvalue weighted by molar-refractivity contribution is 8.00. The molecule has 0 nitrogen and oxygen atoms in total. The highest BCUT2D eigenvalue weighted by Crippen LogP contribution is 2.29. The molecular weight excluding hydrogens is 212 g/mol. The van der Waals surface area contributed by atoms with E-state index in [0.29, 0.717) is 10.8 Å². The quantitative estimate of drug-likeness (QED) is 0.571. The fraction of sp³-hybridized carbons (Fsp3) is 0.867. The van der Waals surface area contributed by atoms with E-state index in [1.165, 1.54) is 12.8 Å². The Morgan fingerprint density at radius 2 is 1.56 bits per heavy atom. The van der Waals surface area contributed by atoms with Crippen molar-refractivity contribution in [2.75, 3.05) is 5.75 Å². The molecule has 0 heterocycles. The average molecular weight is 242 g/mol. The summed E-state index contributed by atoms with van der Waals surface area (Å²) in [6.45, 7) is 16.2. The molecule has 0 aliphatic rings. The SMILES string of the molecule is CC(SC/C=C/CCC(C)(C)C)C(C)(C)C. The van der Waals surface area contributed by atoms with E-state index in [9.17, 15) is 0 Å². The van der Waals surface area contributed by atoms with E-state index in [1.807, 2.05) is 0 Å². The van der Waals surface area contributed by atoms with Crippen LogP contribution < -0.4 is 0 Å². The lowest BCUT2D eigenvalue weighted by atomic mass is 9.91. The first-order valence-electron chi connectivity index (χ1n) is 6.39. The molecule has 1 atom stereocenters. The molecule has 1 unspecified atom stereocenters. The van der Waals surface area contributed by atoms with Gasteiger partial charge in [0, 0.05) is 11.0 Å². The van der Waals surface area contributed by atoms with Gasteiger partial charge in [-0.2, -0.15) is 11.8 Å². The van der Waals surface area contributed by atoms with Crippen molar-refractivity contribution in [2.45, 2.75) is 66.6 Å². The van der Waals surface area contributed by atoms with Gasteiger partial charge in [0.05, 0.1) is 0 Å². The maximum atomic E-state index is 2.34. The number of thioether (sulfide) groups is 1. The molecular formula is C15H30S. The summed E-state index contributed by atoms with van der Waals surface area (Å²) < 4.78 is 0. The zero-order valence-electron chi connectivity index (χ0n) is 12.3. The maximum Gasteiger partial charge on any atom is 0.0116 e. The molecule has 0 aromatic rings. The van der Waals surface area contributed by atoms with Gasteiger partial charge in [-0.1, -0.05) is 60.6 Å². The first-order chi connectivity index (χ1) is 7.13. The molecule has 0 fully saturated rings. The number of hydrogen-bond acceptors (Lipinski definition) is 1. The van der Waals surface area contributed by atoms with Crippen LogP contribution in [0.25, 0.3) is 0 Å². The molecule has 0 saturated carbocycles. The second kappa shape index (κ2) is 6.74. The monoisotopic (exact) mass is 242 g/mol. The van der Waals surface area contributed by atoms with E-state index in [4.69, 9.17) is 0 Å². The van der Waals surface area contributed by atoms with Gasteiger partial charge >= 0.3 is 0 Å². The third kappa shape index (κ3) is 9.33. The Labute approximate surface area is 107 Å². The smallest absolute Gasteiger partial charge is 0.0116 e. The minimum atomic E-state index is 0.421. The van der Waals surface area contributed by atoms with Crippen LogP contribution in [0.4, 0.5) is 0 Å². The summed E-state index contributed by atoms with van der Waals surface area (Å²) in [5, 5.41) is 0.722. The molecule has 96 valence electrons. The summed E-state index contributed by atoms with van der Waals surface area (Å²) in [5.74, 6) is 1.16. The van der Waals surface area contributed by atoms with Gasteiger partial charge in [-0.3, -0.25) is 0 Å². The minimum Gasteiger partial charge on any atom is -0.154 e. The Morgan fingerprint density at radius 3 is 2.00 bits per heavy atom. The van der Waals surface area contributed by atoms with Gasteiger partial charge in [0.15, 0.2) is 0 Å². The van der Waals surface area contributed by atoms with Crippen molar-refractivity contribution < 1.29 is 0 Å². The van der Waals surface area contributed by atoms with E-state index >= 15 is 0 Å². The Kier molecular flexibility index (Phi) is 6.77. The molecule has 0 bridgehead atoms. The topological polar surface area (TPSA) is 0 Å². The molecule has 0 aliphatic heterocycles. The number of allylic oxidation sites excluding steroid dienone is 1. The van der Waals surface area contributed by atoms with Crippen molar-refractivity contribution in [3.8, 4) is 0 Å². The summed E-state index contributed by atoms with van der Waals surface area (Å²) >= 11 is 2.05. The summed E-state index contributed by atoms with van der Waals surface area (Å²) in [6.07, 6.45) is 7.17. The molecule has 0 N–H and O–H groups in total. The van der Waals surface area contributed by atoms with Crippen molar-refractivity contribution >= 4 is 11.8 Å². The third-order valence-corrected chi connectivity index (χ3v) is 4.48. The molecule has 0 amide bonds. The number of rotatable bonds is 5. The summed E-state index contributed by atoms with van der Waals surface area (Å²) in [7, 11) is 0. The van der Waals surface area contributed by atoms with Crippen LogP contribution in [0.2, 0.25) is 0 Å². The average Bonchev–Trinajstić information content (AvgIpc) is 2.07. The van der Waals surface area contributed by atoms with Gasteiger partial charge < -0.3 is 0 Å². The van der Waals surface area contributed by atoms with Crippen molar-refractivity contribution in [2.24, 2.45) is 10.8 Å². The van der Waals surface area contributed by atoms with Gasteiger partial charge in [-0.15, -0.1) is 0 Å². The van der Waals surface area contributed by atoms with E-state index in [0.717, 1.165) is 11.0 Å². The number of hydrogen-bond donors (Lipinski definition) is 0. The molecule has 0 saturated heterocycles. The maximum absolute atomic E-state index is 2.34. The molecule has 0 aromatic heterocycles. The second-order valence-corrected chi connectivity index (χ2v) is 8.29. The summed E-state index contributed by atoms with van der Waals surface area (Å²) in [4.78, 5) is 0. The normalized spacial score (nSPS) is 15.7. The summed E-state index contributed by atoms with van der Waals surface area (Å²) in [5.41, 5.74) is 0.889. The highest BCUT2D eigenvalue weighted by atomic mass is 32.2. The van der Waals surface area contributed by atoms with Gasteiger partial charge in [0.25, 0.3) is 0 Å². The van der Waals surface area contributed by atoms with Gasteiger partial charge in [-0.05, 0) is 23.7 Å². The predicted octanol–water partition coefficient (Wildman–Crippen LogP) is 5.54. The molecule has 0 aromatic carbocycles. The van der Waals surface area contributed by atoms with Crippen LogP contribution >= 0.6 is 11.8 Å². The second-order valence-electron chi connectivity index (χ2n) is 6.91. The van der Waals surface area contributed by atoms with Crippen LogP contribution in [0.1, 0.15) is 61.3 Å². The van der Waals surface area contributed by atoms with Crippen LogP contribution in [-0.2, 0) is 0 Å². The van der Waals surface area contributed by atoms with Crippen molar-refractivity contribution in [3.63, 3.8) is 0 Å². The molecule has 0 radical (unpaired) electrons. The van der Waals surface area contributed by atoms with Crippen molar-refractivity contribution in [1.82, 2.24) is 0 Å². The van der Waals surface area contributed by atoms with Crippen molar-refractivity contribution in [1.29, 1.82) is 0 Å². The Morgan fingerprint density at radius 1 is 1.00 bits per heavy atom. The van der Waals surface area contributed by atoms with E-state index in [1.54, 1.807) is 0 Å². The Balaban J connectivity index is 3.63. The molecule has 1 heteroatoms. The first-order valence-corrected chi connectivity index (χ1v) is 7.44. The Bertz CT molecular complexity index is 202. The van der Waals surface area contributed by atoms with E-state index in [-0.39, 0.29) is 0 Å². The van der Waals surface area contributed by atoms with E-state index < -0.39 is 0 Å². The zero-order valence-corrected chi connectivity index (χ0v) is 13.1. The fourth-order valence-electron chi connectivity index (χ4n) is 1.15. The van der Waals surface area contributed by atoms with Crippen LogP contribution in [0.3, 0.4) is 0 Å². The lowest BCUT2D eigenvalue weighted by Gasteiger charge is -2.26. The largest absolute Gasteiger partial charge is 0.154 e. The fourth-order valence-corrected chi connectivity index (χ4v) is 2.19. The van der Waals surface area contributed by atoms with Crippen LogP contribution in [0.5, 0.6) is 0 Å². The zero-order chi connectivity index (χ0) is 12.8. The van der Waals surface area contributed by atoms with Crippen molar-refractivity contribution in [3.05, 3.63) is 12.2 Å². The third-order valence-electron chi connectivity index (χ3n) is 2.89. The molecule has 0 spiro atoms. The lowest BCUT2D eigenvalue weighted by molar-refractivity contribution is 0.381. The standard InChI is InChI=1S/C15H30S/c1-13(15(5,6)7)16-12-10-8-9-11-14(2,3)4/h8,10,13H,9,11-12H2,1-7H3/b10-8+. The highest BCUT2D eigenvalue weighted by Gasteiger charge is 2.19. The molecule has 0 aliphatic carbocycles. The van der Waals surface area contributed by atoms with E-state index in [2.05, 4.69) is 72.4 Å². The van der Waals surface area contributed by atoms with Crippen LogP contribution in [-0.4, -0.2) is 11.0 Å². The minimum absolute atomic E-state index is 0.421. The van der Waals surface area contributed by atoms with Gasteiger partial charge in [-0.25, -0.2) is 0 Å². The Hall–Kier alpha value is 0.0900. The molecule has 0 rings (SSSR count). The lowest BCUT2D eigenvalue weighted by Crippen LogP contribution is -2.19. The predicted molar refractivity (Wildman–Crippen MR) is 79.2 cm³/mol. The molecule has 16 heavy (non-hydrogen) atoms. The van der Waals surface area contributed by atoms with Gasteiger partial charge in [0.1, 0.15) is 0 Å². The summed E-state index contributed by atoms with van der Waals surface area (Å²) in [6, 6.07) is 0. The first kappa shape index (κ1) is 16.1. The van der Waals surface area contributed by atoms with Crippen LogP contribution in [0, 0.1) is 10.8 Å². The van der Waals surface area contributed by atoms with Crippen LogP contribution in [0.15, 0.2) is 12.2 Å².